The van der Waals surface area contributed by atoms with E-state index in [2.05, 4.69) is 24.0 Å². The van der Waals surface area contributed by atoms with Crippen LogP contribution in [-0.4, -0.2) is 62.8 Å². The molecule has 0 unspecified atom stereocenters. The Balaban J connectivity index is 1.39. The largest absolute Gasteiger partial charge is 0.368 e. The number of benzene rings is 2. The number of carbonyl (C=O) groups is 1. The van der Waals surface area contributed by atoms with Gasteiger partial charge in [0.2, 0.25) is 10.0 Å². The summed E-state index contributed by atoms with van der Waals surface area (Å²) in [4.78, 5) is 17.3. The molecule has 0 atom stereocenters. The maximum atomic E-state index is 12.9. The van der Waals surface area contributed by atoms with Crippen LogP contribution in [0.4, 0.5) is 5.69 Å². The summed E-state index contributed by atoms with van der Waals surface area (Å²) in [7, 11) is -3.49. The van der Waals surface area contributed by atoms with E-state index in [1.165, 1.54) is 5.69 Å². The third-order valence-electron chi connectivity index (χ3n) is 6.17. The molecule has 7 heteroatoms. The van der Waals surface area contributed by atoms with Crippen LogP contribution in [-0.2, 0) is 10.0 Å². The van der Waals surface area contributed by atoms with E-state index in [4.69, 9.17) is 0 Å². The van der Waals surface area contributed by atoms with Gasteiger partial charge in [0.15, 0.2) is 0 Å². The van der Waals surface area contributed by atoms with E-state index in [1.807, 2.05) is 23.1 Å². The number of sulfonamides is 1. The van der Waals surface area contributed by atoms with Crippen molar-refractivity contribution in [1.29, 1.82) is 0 Å². The van der Waals surface area contributed by atoms with Gasteiger partial charge in [0.1, 0.15) is 0 Å². The van der Waals surface area contributed by atoms with Crippen LogP contribution >= 0.6 is 0 Å². The third kappa shape index (κ3) is 4.37. The molecule has 30 heavy (non-hydrogen) atoms. The molecule has 2 saturated heterocycles. The minimum atomic E-state index is -3.49. The van der Waals surface area contributed by atoms with Crippen LogP contribution in [0, 0.1) is 5.92 Å². The molecule has 6 nitrogen and oxygen atoms in total. The van der Waals surface area contributed by atoms with Gasteiger partial charge >= 0.3 is 0 Å². The molecule has 0 radical (unpaired) electrons. The quantitative estimate of drug-likeness (QED) is 0.752. The molecule has 2 heterocycles. The molecule has 2 aromatic rings. The molecule has 1 amide bonds. The van der Waals surface area contributed by atoms with Crippen molar-refractivity contribution in [3.8, 4) is 0 Å². The second-order valence-electron chi connectivity index (χ2n) is 8.23. The second-order valence-corrected chi connectivity index (χ2v) is 10.2. The Bertz CT molecular complexity index is 961. The minimum absolute atomic E-state index is 0.0431. The fraction of sp³-hybridized carbons (Fsp3) is 0.435. The molecule has 2 aromatic carbocycles. The van der Waals surface area contributed by atoms with Gasteiger partial charge < -0.3 is 9.80 Å². The molecule has 0 spiro atoms. The predicted octanol–water partition coefficient (Wildman–Crippen LogP) is 3.07. The van der Waals surface area contributed by atoms with E-state index in [0.29, 0.717) is 37.7 Å². The van der Waals surface area contributed by atoms with Gasteiger partial charge in [-0.05, 0) is 55.2 Å². The van der Waals surface area contributed by atoms with Crippen LogP contribution in [0.3, 0.4) is 0 Å². The first kappa shape index (κ1) is 20.9. The summed E-state index contributed by atoms with van der Waals surface area (Å²) in [6.07, 6.45) is 1.79. The highest BCUT2D eigenvalue weighted by Crippen LogP contribution is 2.24. The lowest BCUT2D eigenvalue weighted by molar-refractivity contribution is 0.0746. The predicted molar refractivity (Wildman–Crippen MR) is 118 cm³/mol. The van der Waals surface area contributed by atoms with Crippen molar-refractivity contribution in [2.45, 2.75) is 24.7 Å². The molecule has 2 aliphatic heterocycles. The highest BCUT2D eigenvalue weighted by atomic mass is 32.2. The van der Waals surface area contributed by atoms with Crippen molar-refractivity contribution < 1.29 is 13.2 Å². The number of carbonyl (C=O) groups excluding carboxylic acids is 1. The number of rotatable bonds is 4. The SMILES string of the molecule is CC1CCN(S(=O)(=O)c2ccc(C(=O)N3CCN(c4ccccc4)CC3)cc2)CC1. The van der Waals surface area contributed by atoms with E-state index in [0.717, 1.165) is 25.9 Å². The Kier molecular flexibility index (Phi) is 6.11. The molecular weight excluding hydrogens is 398 g/mol. The monoisotopic (exact) mass is 427 g/mol. The summed E-state index contributed by atoms with van der Waals surface area (Å²) in [5.41, 5.74) is 1.71. The Morgan fingerprint density at radius 3 is 2.03 bits per heavy atom. The Morgan fingerprint density at radius 1 is 0.833 bits per heavy atom. The van der Waals surface area contributed by atoms with Crippen LogP contribution in [0.1, 0.15) is 30.1 Å². The maximum absolute atomic E-state index is 12.9. The van der Waals surface area contributed by atoms with Gasteiger partial charge in [0.05, 0.1) is 4.90 Å². The number of piperazine rings is 1. The zero-order valence-electron chi connectivity index (χ0n) is 17.4. The van der Waals surface area contributed by atoms with Gasteiger partial charge in [-0.15, -0.1) is 0 Å². The fourth-order valence-electron chi connectivity index (χ4n) is 4.13. The second kappa shape index (κ2) is 8.78. The number of para-hydroxylation sites is 1. The minimum Gasteiger partial charge on any atom is -0.368 e. The lowest BCUT2D eigenvalue weighted by Gasteiger charge is -2.36. The van der Waals surface area contributed by atoms with E-state index < -0.39 is 10.0 Å². The van der Waals surface area contributed by atoms with Gasteiger partial charge in [0, 0.05) is 50.5 Å². The lowest BCUT2D eigenvalue weighted by Crippen LogP contribution is -2.48. The summed E-state index contributed by atoms with van der Waals surface area (Å²) in [6.45, 7) is 6.17. The average molecular weight is 428 g/mol. The average Bonchev–Trinajstić information content (AvgIpc) is 2.80. The molecule has 2 aliphatic rings. The smallest absolute Gasteiger partial charge is 0.253 e. The van der Waals surface area contributed by atoms with Crippen LogP contribution in [0.2, 0.25) is 0 Å². The molecule has 160 valence electrons. The number of nitrogens with zero attached hydrogens (tertiary/aromatic N) is 3. The molecular formula is C23H29N3O3S. The molecule has 0 aromatic heterocycles. The summed E-state index contributed by atoms with van der Waals surface area (Å²) in [5, 5.41) is 0. The first-order valence-corrected chi connectivity index (χ1v) is 12.1. The zero-order valence-corrected chi connectivity index (χ0v) is 18.2. The van der Waals surface area contributed by atoms with Crippen molar-refractivity contribution in [3.63, 3.8) is 0 Å². The summed E-state index contributed by atoms with van der Waals surface area (Å²) >= 11 is 0. The molecule has 2 fully saturated rings. The van der Waals surface area contributed by atoms with Crippen LogP contribution in [0.25, 0.3) is 0 Å². The molecule has 4 rings (SSSR count). The van der Waals surface area contributed by atoms with Crippen molar-refractivity contribution in [2.75, 3.05) is 44.2 Å². The van der Waals surface area contributed by atoms with E-state index >= 15 is 0 Å². The standard InChI is InChI=1S/C23H29N3O3S/c1-19-11-13-26(14-12-19)30(28,29)22-9-7-20(8-10-22)23(27)25-17-15-24(16-18-25)21-5-3-2-4-6-21/h2-10,19H,11-18H2,1H3. The number of piperidine rings is 1. The van der Waals surface area contributed by atoms with Gasteiger partial charge in [-0.2, -0.15) is 4.31 Å². The molecule has 0 bridgehead atoms. The van der Waals surface area contributed by atoms with E-state index in [-0.39, 0.29) is 10.8 Å². The summed E-state index contributed by atoms with van der Waals surface area (Å²) in [5.74, 6) is 0.525. The van der Waals surface area contributed by atoms with Crippen molar-refractivity contribution in [3.05, 3.63) is 60.2 Å². The fourth-order valence-corrected chi connectivity index (χ4v) is 5.60. The van der Waals surface area contributed by atoms with E-state index in [1.54, 1.807) is 28.6 Å². The van der Waals surface area contributed by atoms with Crippen molar-refractivity contribution >= 4 is 21.6 Å². The normalized spacial score (nSPS) is 19.1. The Hall–Kier alpha value is -2.38. The molecule has 0 N–H and O–H groups in total. The van der Waals surface area contributed by atoms with Gasteiger partial charge in [0.25, 0.3) is 5.91 Å². The number of anilines is 1. The Labute approximate surface area is 179 Å². The first-order chi connectivity index (χ1) is 14.4. The van der Waals surface area contributed by atoms with Crippen molar-refractivity contribution in [1.82, 2.24) is 9.21 Å². The molecule has 0 saturated carbocycles. The topological polar surface area (TPSA) is 60.9 Å². The highest BCUT2D eigenvalue weighted by molar-refractivity contribution is 7.89. The molecule has 0 aliphatic carbocycles. The maximum Gasteiger partial charge on any atom is 0.253 e. The van der Waals surface area contributed by atoms with Crippen molar-refractivity contribution in [2.24, 2.45) is 5.92 Å². The van der Waals surface area contributed by atoms with Gasteiger partial charge in [-0.3, -0.25) is 4.79 Å². The van der Waals surface area contributed by atoms with Crippen LogP contribution < -0.4 is 4.90 Å². The lowest BCUT2D eigenvalue weighted by atomic mass is 10.0. The Morgan fingerprint density at radius 2 is 1.43 bits per heavy atom. The summed E-state index contributed by atoms with van der Waals surface area (Å²) < 4.78 is 27.3. The van der Waals surface area contributed by atoms with Crippen LogP contribution in [0.5, 0.6) is 0 Å². The number of hydrogen-bond acceptors (Lipinski definition) is 4. The zero-order chi connectivity index (χ0) is 21.1. The van der Waals surface area contributed by atoms with E-state index in [9.17, 15) is 13.2 Å². The number of amides is 1. The number of hydrogen-bond donors (Lipinski definition) is 0. The summed E-state index contributed by atoms with van der Waals surface area (Å²) in [6, 6.07) is 16.6. The van der Waals surface area contributed by atoms with Gasteiger partial charge in [-0.1, -0.05) is 25.1 Å². The first-order valence-electron chi connectivity index (χ1n) is 10.6. The highest BCUT2D eigenvalue weighted by Gasteiger charge is 2.28. The van der Waals surface area contributed by atoms with Gasteiger partial charge in [-0.25, -0.2) is 8.42 Å². The third-order valence-corrected chi connectivity index (χ3v) is 8.08. The van der Waals surface area contributed by atoms with Crippen LogP contribution in [0.15, 0.2) is 59.5 Å².